The zero-order valence-electron chi connectivity index (χ0n) is 18.8. The number of halogens is 1. The van der Waals surface area contributed by atoms with Gasteiger partial charge in [-0.3, -0.25) is 4.79 Å². The van der Waals surface area contributed by atoms with Crippen LogP contribution in [0.15, 0.2) is 24.3 Å². The summed E-state index contributed by atoms with van der Waals surface area (Å²) in [4.78, 5) is 38.1. The maximum absolute atomic E-state index is 13.4. The molecule has 2 aliphatic heterocycles. The number of ether oxygens (including phenoxy) is 3. The summed E-state index contributed by atoms with van der Waals surface area (Å²) in [6.07, 6.45) is -4.35. The van der Waals surface area contributed by atoms with Crippen LogP contribution in [0.4, 0.5) is 4.39 Å². The third-order valence-corrected chi connectivity index (χ3v) is 8.85. The topological polar surface area (TPSA) is 140 Å². The molecule has 0 aromatic heterocycles. The van der Waals surface area contributed by atoms with Crippen LogP contribution in [0.3, 0.4) is 0 Å². The van der Waals surface area contributed by atoms with Gasteiger partial charge in [0.2, 0.25) is 5.60 Å². The molecule has 1 spiro atoms. The van der Waals surface area contributed by atoms with Crippen LogP contribution in [0.5, 0.6) is 0 Å². The summed E-state index contributed by atoms with van der Waals surface area (Å²) in [5.41, 5.74) is -7.23. The number of fused-ring (bicyclic) bond motifs is 4. The van der Waals surface area contributed by atoms with E-state index in [1.165, 1.54) is 25.1 Å². The van der Waals surface area contributed by atoms with E-state index >= 15 is 0 Å². The average molecular weight is 478 g/mol. The number of aryl methyl sites for hydroxylation is 1. The first kappa shape index (κ1) is 23.2. The van der Waals surface area contributed by atoms with E-state index in [-0.39, 0.29) is 25.7 Å². The highest BCUT2D eigenvalue weighted by atomic mass is 19.1. The lowest BCUT2D eigenvalue weighted by Crippen LogP contribution is -2.82. The Morgan fingerprint density at radius 2 is 2.03 bits per heavy atom. The molecule has 0 unspecified atom stereocenters. The van der Waals surface area contributed by atoms with Gasteiger partial charge in [-0.2, -0.15) is 0 Å². The van der Waals surface area contributed by atoms with Crippen LogP contribution >= 0.6 is 0 Å². The molecule has 9 nitrogen and oxygen atoms in total. The van der Waals surface area contributed by atoms with Gasteiger partial charge in [0.25, 0.3) is 0 Å². The van der Waals surface area contributed by atoms with Crippen molar-refractivity contribution < 1.29 is 48.3 Å². The molecule has 3 N–H and O–H groups in total. The number of esters is 3. The molecule has 2 saturated carbocycles. The van der Waals surface area contributed by atoms with Crippen molar-refractivity contribution in [3.63, 3.8) is 0 Å². The number of cyclic esters (lactones) is 1. The lowest BCUT2D eigenvalue weighted by Gasteiger charge is -2.64. The summed E-state index contributed by atoms with van der Waals surface area (Å²) < 4.78 is 29.6. The third kappa shape index (κ3) is 2.56. The number of benzene rings is 1. The SMILES string of the molecule is C[C@@H]1C[C@@H](OC(=O)CCc2cccc(F)c2)[C@@]2(O)[C@@]13C[C@@H](OC(=O)[C@@H]3O)[C@@]1(O)C(=O)OC[C@@]21C. The zero-order chi connectivity index (χ0) is 24.7. The van der Waals surface area contributed by atoms with Gasteiger partial charge < -0.3 is 29.5 Å². The fourth-order valence-corrected chi connectivity index (χ4v) is 7.02. The van der Waals surface area contributed by atoms with Crippen molar-refractivity contribution in [1.82, 2.24) is 0 Å². The van der Waals surface area contributed by atoms with E-state index < -0.39 is 76.6 Å². The summed E-state index contributed by atoms with van der Waals surface area (Å²) in [5, 5.41) is 34.8. The summed E-state index contributed by atoms with van der Waals surface area (Å²) in [5.74, 6) is -3.74. The lowest BCUT2D eigenvalue weighted by molar-refractivity contribution is -0.334. The predicted octanol–water partition coefficient (Wildman–Crippen LogP) is 0.412. The van der Waals surface area contributed by atoms with Gasteiger partial charge in [0, 0.05) is 11.8 Å². The molecule has 34 heavy (non-hydrogen) atoms. The smallest absolute Gasteiger partial charge is 0.342 e. The van der Waals surface area contributed by atoms with Gasteiger partial charge in [0.15, 0.2) is 6.10 Å². The Hall–Kier alpha value is -2.56. The van der Waals surface area contributed by atoms with Crippen LogP contribution < -0.4 is 0 Å². The van der Waals surface area contributed by atoms with Crippen LogP contribution in [-0.4, -0.2) is 69.3 Å². The van der Waals surface area contributed by atoms with Crippen molar-refractivity contribution in [2.75, 3.05) is 6.61 Å². The van der Waals surface area contributed by atoms with E-state index in [0.717, 1.165) is 0 Å². The van der Waals surface area contributed by atoms with Crippen LogP contribution in [0.2, 0.25) is 0 Å². The lowest BCUT2D eigenvalue weighted by atomic mass is 9.44. The van der Waals surface area contributed by atoms with E-state index in [0.29, 0.717) is 5.56 Å². The average Bonchev–Trinajstić information content (AvgIpc) is 3.16. The number of hydrogen-bond acceptors (Lipinski definition) is 9. The standard InChI is InChI=1S/C24H27FO9/c1-12-8-15(33-17(26)7-6-13-4-3-5-14(25)9-13)24(31)21(2)11-32-20(29)23(21,30)16-10-22(12,24)18(27)19(28)34-16/h3-5,9,12,15-16,18,27,30-31H,6-8,10-11H2,1-2H3/t12-,15-,16-,18+,21-,22+,23-,24+/m1/s1. The molecular formula is C24H27FO9. The summed E-state index contributed by atoms with van der Waals surface area (Å²) in [6.45, 7) is 2.73. The largest absolute Gasteiger partial charge is 0.463 e. The summed E-state index contributed by atoms with van der Waals surface area (Å²) in [7, 11) is 0. The number of aliphatic hydroxyl groups is 3. The van der Waals surface area contributed by atoms with Gasteiger partial charge in [-0.1, -0.05) is 19.1 Å². The summed E-state index contributed by atoms with van der Waals surface area (Å²) >= 11 is 0. The number of hydrogen-bond donors (Lipinski definition) is 3. The highest BCUT2D eigenvalue weighted by Gasteiger charge is 2.88. The molecule has 1 aromatic carbocycles. The van der Waals surface area contributed by atoms with Crippen LogP contribution in [-0.2, 0) is 35.0 Å². The number of carbonyl (C=O) groups excluding carboxylic acids is 3. The first-order valence-corrected chi connectivity index (χ1v) is 11.4. The molecule has 8 atom stereocenters. The Bertz CT molecular complexity index is 1080. The van der Waals surface area contributed by atoms with E-state index in [9.17, 15) is 34.1 Å². The second kappa shape index (κ2) is 7.22. The van der Waals surface area contributed by atoms with Crippen LogP contribution in [0.1, 0.15) is 38.7 Å². The fourth-order valence-electron chi connectivity index (χ4n) is 7.02. The number of rotatable bonds is 4. The number of carbonyl (C=O) groups is 3. The Morgan fingerprint density at radius 3 is 2.74 bits per heavy atom. The van der Waals surface area contributed by atoms with E-state index in [4.69, 9.17) is 14.2 Å². The molecule has 2 saturated heterocycles. The van der Waals surface area contributed by atoms with E-state index in [1.807, 2.05) is 0 Å². The van der Waals surface area contributed by atoms with Crippen molar-refractivity contribution in [3.8, 4) is 0 Å². The van der Waals surface area contributed by atoms with Gasteiger partial charge in [-0.15, -0.1) is 0 Å². The maximum Gasteiger partial charge on any atom is 0.342 e. The molecule has 0 amide bonds. The molecule has 184 valence electrons. The third-order valence-electron chi connectivity index (χ3n) is 8.85. The zero-order valence-corrected chi connectivity index (χ0v) is 18.8. The van der Waals surface area contributed by atoms with Crippen molar-refractivity contribution in [2.24, 2.45) is 16.7 Å². The first-order chi connectivity index (χ1) is 15.9. The van der Waals surface area contributed by atoms with Crippen molar-refractivity contribution in [3.05, 3.63) is 35.6 Å². The predicted molar refractivity (Wildman–Crippen MR) is 110 cm³/mol. The summed E-state index contributed by atoms with van der Waals surface area (Å²) in [6, 6.07) is 5.80. The maximum atomic E-state index is 13.4. The highest BCUT2D eigenvalue weighted by Crippen LogP contribution is 2.72. The van der Waals surface area contributed by atoms with Crippen molar-refractivity contribution in [1.29, 1.82) is 0 Å². The van der Waals surface area contributed by atoms with Gasteiger partial charge >= 0.3 is 17.9 Å². The normalized spacial score (nSPS) is 44.6. The van der Waals surface area contributed by atoms with Crippen LogP contribution in [0.25, 0.3) is 0 Å². The molecule has 2 bridgehead atoms. The molecule has 10 heteroatoms. The molecule has 0 radical (unpaired) electrons. The van der Waals surface area contributed by atoms with Crippen molar-refractivity contribution in [2.45, 2.75) is 69.0 Å². The minimum Gasteiger partial charge on any atom is -0.463 e. The Morgan fingerprint density at radius 1 is 1.29 bits per heavy atom. The molecule has 4 aliphatic rings. The van der Waals surface area contributed by atoms with E-state index in [1.54, 1.807) is 13.0 Å². The molecule has 2 heterocycles. The molecule has 4 fully saturated rings. The Balaban J connectivity index is 1.50. The van der Waals surface area contributed by atoms with Crippen molar-refractivity contribution >= 4 is 17.9 Å². The molecule has 5 rings (SSSR count). The van der Waals surface area contributed by atoms with Gasteiger partial charge in [0.1, 0.15) is 30.2 Å². The quantitative estimate of drug-likeness (QED) is 0.415. The minimum absolute atomic E-state index is 0.0825. The Labute approximate surface area is 194 Å². The second-order valence-electron chi connectivity index (χ2n) is 10.3. The monoisotopic (exact) mass is 478 g/mol. The van der Waals surface area contributed by atoms with Gasteiger partial charge in [-0.05, 0) is 49.8 Å². The van der Waals surface area contributed by atoms with Gasteiger partial charge in [0.05, 0.1) is 5.41 Å². The molecular weight excluding hydrogens is 451 g/mol. The number of aliphatic hydroxyl groups excluding tert-OH is 1. The van der Waals surface area contributed by atoms with Gasteiger partial charge in [-0.25, -0.2) is 14.0 Å². The first-order valence-electron chi connectivity index (χ1n) is 11.4. The second-order valence-corrected chi connectivity index (χ2v) is 10.3. The Kier molecular flexibility index (Phi) is 4.93. The minimum atomic E-state index is -2.38. The molecule has 2 aliphatic carbocycles. The molecule has 1 aromatic rings. The fraction of sp³-hybridized carbons (Fsp3) is 0.625. The van der Waals surface area contributed by atoms with Crippen LogP contribution in [0, 0.1) is 22.6 Å². The highest BCUT2D eigenvalue weighted by molar-refractivity contribution is 5.87. The van der Waals surface area contributed by atoms with E-state index in [2.05, 4.69) is 0 Å².